The summed E-state index contributed by atoms with van der Waals surface area (Å²) in [6.45, 7) is 5.73. The van der Waals surface area contributed by atoms with Gasteiger partial charge in [0.1, 0.15) is 0 Å². The Morgan fingerprint density at radius 2 is 2.00 bits per heavy atom. The molecule has 0 spiro atoms. The van der Waals surface area contributed by atoms with E-state index in [1.807, 2.05) is 6.20 Å². The van der Waals surface area contributed by atoms with Gasteiger partial charge in [0.25, 0.3) is 0 Å². The third kappa shape index (κ3) is 2.62. The Hall–Kier alpha value is -1.61. The lowest BCUT2D eigenvalue weighted by molar-refractivity contribution is 0.633. The van der Waals surface area contributed by atoms with E-state index in [4.69, 9.17) is 5.73 Å². The number of hydrogen-bond acceptors (Lipinski definition) is 2. The van der Waals surface area contributed by atoms with E-state index in [1.54, 1.807) is 0 Å². The standard InChI is InChI=1S/C15H21N3/c1-3-6-15-14(9-16)10-17-18(15)11-13-8-5-4-7-12(13)2/h4-5,7-8,10H,3,6,9,11,16H2,1-2H3. The van der Waals surface area contributed by atoms with Crippen molar-refractivity contribution < 1.29 is 0 Å². The minimum absolute atomic E-state index is 0.573. The number of rotatable bonds is 5. The van der Waals surface area contributed by atoms with Gasteiger partial charge < -0.3 is 5.73 Å². The van der Waals surface area contributed by atoms with E-state index in [2.05, 4.69) is 47.9 Å². The van der Waals surface area contributed by atoms with Crippen molar-refractivity contribution in [2.45, 2.75) is 39.8 Å². The average Bonchev–Trinajstić information content (AvgIpc) is 2.75. The van der Waals surface area contributed by atoms with Crippen LogP contribution >= 0.6 is 0 Å². The van der Waals surface area contributed by atoms with Crippen LogP contribution in [0.4, 0.5) is 0 Å². The Morgan fingerprint density at radius 1 is 1.22 bits per heavy atom. The average molecular weight is 243 g/mol. The highest BCUT2D eigenvalue weighted by Gasteiger charge is 2.09. The van der Waals surface area contributed by atoms with Crippen LogP contribution in [0.15, 0.2) is 30.5 Å². The van der Waals surface area contributed by atoms with Gasteiger partial charge in [0.2, 0.25) is 0 Å². The van der Waals surface area contributed by atoms with Gasteiger partial charge in [-0.05, 0) is 24.5 Å². The van der Waals surface area contributed by atoms with Gasteiger partial charge in [-0.25, -0.2) is 0 Å². The van der Waals surface area contributed by atoms with E-state index < -0.39 is 0 Å². The molecule has 0 unspecified atom stereocenters. The van der Waals surface area contributed by atoms with Crippen LogP contribution in [0.3, 0.4) is 0 Å². The summed E-state index contributed by atoms with van der Waals surface area (Å²) in [6, 6.07) is 8.45. The van der Waals surface area contributed by atoms with Gasteiger partial charge >= 0.3 is 0 Å². The third-order valence-electron chi connectivity index (χ3n) is 3.32. The fourth-order valence-electron chi connectivity index (χ4n) is 2.23. The largest absolute Gasteiger partial charge is 0.326 e. The van der Waals surface area contributed by atoms with E-state index >= 15 is 0 Å². The van der Waals surface area contributed by atoms with Gasteiger partial charge in [0.15, 0.2) is 0 Å². The van der Waals surface area contributed by atoms with Gasteiger partial charge in [0, 0.05) is 17.8 Å². The van der Waals surface area contributed by atoms with Crippen LogP contribution in [0.25, 0.3) is 0 Å². The Bertz CT molecular complexity index is 514. The molecule has 0 bridgehead atoms. The van der Waals surface area contributed by atoms with Gasteiger partial charge in [0.05, 0.1) is 12.7 Å². The summed E-state index contributed by atoms with van der Waals surface area (Å²) in [6.07, 6.45) is 4.06. The predicted molar refractivity (Wildman–Crippen MR) is 74.4 cm³/mol. The van der Waals surface area contributed by atoms with Crippen LogP contribution in [-0.4, -0.2) is 9.78 Å². The van der Waals surface area contributed by atoms with Gasteiger partial charge in [-0.15, -0.1) is 0 Å². The second-order valence-electron chi connectivity index (χ2n) is 4.65. The number of nitrogens with zero attached hydrogens (tertiary/aromatic N) is 2. The van der Waals surface area contributed by atoms with Crippen LogP contribution in [-0.2, 0) is 19.5 Å². The molecule has 0 saturated heterocycles. The summed E-state index contributed by atoms with van der Waals surface area (Å²) in [7, 11) is 0. The quantitative estimate of drug-likeness (QED) is 0.877. The molecule has 0 fully saturated rings. The lowest BCUT2D eigenvalue weighted by Gasteiger charge is -2.10. The van der Waals surface area contributed by atoms with Crippen LogP contribution < -0.4 is 5.73 Å². The first-order valence-electron chi connectivity index (χ1n) is 6.54. The molecule has 2 rings (SSSR count). The second kappa shape index (κ2) is 5.83. The van der Waals surface area contributed by atoms with Crippen molar-refractivity contribution in [3.8, 4) is 0 Å². The third-order valence-corrected chi connectivity index (χ3v) is 3.32. The van der Waals surface area contributed by atoms with Crippen molar-refractivity contribution in [1.82, 2.24) is 9.78 Å². The van der Waals surface area contributed by atoms with Gasteiger partial charge in [-0.1, -0.05) is 37.6 Å². The molecule has 0 amide bonds. The van der Waals surface area contributed by atoms with Crippen LogP contribution in [0, 0.1) is 6.92 Å². The van der Waals surface area contributed by atoms with E-state index in [1.165, 1.54) is 22.4 Å². The number of aromatic nitrogens is 2. The molecule has 1 aromatic carbocycles. The fourth-order valence-corrected chi connectivity index (χ4v) is 2.23. The van der Waals surface area contributed by atoms with Crippen LogP contribution in [0.2, 0.25) is 0 Å². The molecule has 0 atom stereocenters. The SMILES string of the molecule is CCCc1c(CN)cnn1Cc1ccccc1C. The Balaban J connectivity index is 2.29. The number of aryl methyl sites for hydroxylation is 1. The minimum Gasteiger partial charge on any atom is -0.326 e. The molecule has 1 aromatic heterocycles. The van der Waals surface area contributed by atoms with Crippen molar-refractivity contribution >= 4 is 0 Å². The van der Waals surface area contributed by atoms with Crippen molar-refractivity contribution in [2.24, 2.45) is 5.73 Å². The lowest BCUT2D eigenvalue weighted by atomic mass is 10.1. The first-order chi connectivity index (χ1) is 8.76. The smallest absolute Gasteiger partial charge is 0.0665 e. The van der Waals surface area contributed by atoms with E-state index in [-0.39, 0.29) is 0 Å². The van der Waals surface area contributed by atoms with Gasteiger partial charge in [-0.3, -0.25) is 4.68 Å². The summed E-state index contributed by atoms with van der Waals surface area (Å²) in [5, 5.41) is 4.48. The predicted octanol–water partition coefficient (Wildman–Crippen LogP) is 2.65. The highest BCUT2D eigenvalue weighted by Crippen LogP contribution is 2.15. The highest BCUT2D eigenvalue weighted by atomic mass is 15.3. The number of hydrogen-bond donors (Lipinski definition) is 1. The molecule has 0 radical (unpaired) electrons. The zero-order valence-electron chi connectivity index (χ0n) is 11.2. The molecule has 3 nitrogen and oxygen atoms in total. The Morgan fingerprint density at radius 3 is 2.67 bits per heavy atom. The van der Waals surface area contributed by atoms with E-state index in [0.29, 0.717) is 6.54 Å². The van der Waals surface area contributed by atoms with Crippen molar-refractivity contribution in [1.29, 1.82) is 0 Å². The maximum Gasteiger partial charge on any atom is 0.0665 e. The zero-order valence-corrected chi connectivity index (χ0v) is 11.2. The summed E-state index contributed by atoms with van der Waals surface area (Å²) < 4.78 is 2.09. The minimum atomic E-state index is 0.573. The Labute approximate surface area is 109 Å². The summed E-state index contributed by atoms with van der Waals surface area (Å²) >= 11 is 0. The van der Waals surface area contributed by atoms with Crippen LogP contribution in [0.1, 0.15) is 35.7 Å². The fraction of sp³-hybridized carbons (Fsp3) is 0.400. The molecule has 2 aromatic rings. The molecular weight excluding hydrogens is 222 g/mol. The van der Waals surface area contributed by atoms with Crippen LogP contribution in [0.5, 0.6) is 0 Å². The van der Waals surface area contributed by atoms with Crippen molar-refractivity contribution in [3.63, 3.8) is 0 Å². The van der Waals surface area contributed by atoms with Crippen molar-refractivity contribution in [3.05, 3.63) is 52.8 Å². The summed E-state index contributed by atoms with van der Waals surface area (Å²) in [5.74, 6) is 0. The van der Waals surface area contributed by atoms with E-state index in [0.717, 1.165) is 19.4 Å². The monoisotopic (exact) mass is 243 g/mol. The Kier molecular flexibility index (Phi) is 4.15. The van der Waals surface area contributed by atoms with Gasteiger partial charge in [-0.2, -0.15) is 5.10 Å². The molecule has 0 aliphatic carbocycles. The molecule has 1 heterocycles. The number of benzene rings is 1. The maximum absolute atomic E-state index is 5.76. The molecule has 0 aliphatic heterocycles. The number of nitrogens with two attached hydrogens (primary N) is 1. The molecule has 2 N–H and O–H groups in total. The summed E-state index contributed by atoms with van der Waals surface area (Å²) in [4.78, 5) is 0. The van der Waals surface area contributed by atoms with E-state index in [9.17, 15) is 0 Å². The molecule has 96 valence electrons. The van der Waals surface area contributed by atoms with Crippen molar-refractivity contribution in [2.75, 3.05) is 0 Å². The summed E-state index contributed by atoms with van der Waals surface area (Å²) in [5.41, 5.74) is 10.8. The lowest BCUT2D eigenvalue weighted by Crippen LogP contribution is -2.09. The molecule has 0 aliphatic rings. The molecular formula is C15H21N3. The second-order valence-corrected chi connectivity index (χ2v) is 4.65. The first kappa shape index (κ1) is 12.8. The topological polar surface area (TPSA) is 43.8 Å². The normalized spacial score (nSPS) is 10.8. The first-order valence-corrected chi connectivity index (χ1v) is 6.54. The zero-order chi connectivity index (χ0) is 13.0. The molecule has 3 heteroatoms. The highest BCUT2D eigenvalue weighted by molar-refractivity contribution is 5.27. The maximum atomic E-state index is 5.76. The molecule has 0 saturated carbocycles. The molecule has 18 heavy (non-hydrogen) atoms.